The van der Waals surface area contributed by atoms with Gasteiger partial charge in [0.1, 0.15) is 0 Å². The molecule has 0 N–H and O–H groups in total. The number of ether oxygens (including phenoxy) is 2. The molecule has 0 bridgehead atoms. The van der Waals surface area contributed by atoms with Crippen molar-refractivity contribution in [3.05, 3.63) is 16.9 Å². The summed E-state index contributed by atoms with van der Waals surface area (Å²) in [7, 11) is 0. The van der Waals surface area contributed by atoms with Crippen molar-refractivity contribution in [2.24, 2.45) is 0 Å². The zero-order valence-corrected chi connectivity index (χ0v) is 11.0. The minimum atomic E-state index is -0.570. The van der Waals surface area contributed by atoms with Crippen molar-refractivity contribution < 1.29 is 14.3 Å². The first kappa shape index (κ1) is 13.7. The summed E-state index contributed by atoms with van der Waals surface area (Å²) in [5.41, 5.74) is 0.0387. The maximum absolute atomic E-state index is 11.7. The Labute approximate surface area is 105 Å². The summed E-state index contributed by atoms with van der Waals surface area (Å²) >= 11 is 5.70. The highest BCUT2D eigenvalue weighted by Crippen LogP contribution is 2.21. The van der Waals surface area contributed by atoms with E-state index in [1.807, 2.05) is 13.8 Å². The second-order valence-electron chi connectivity index (χ2n) is 4.00. The van der Waals surface area contributed by atoms with Crippen molar-refractivity contribution in [3.63, 3.8) is 0 Å². The van der Waals surface area contributed by atoms with Gasteiger partial charge in [-0.15, -0.1) is 10.2 Å². The van der Waals surface area contributed by atoms with Crippen LogP contribution in [0.4, 0.5) is 0 Å². The molecule has 94 valence electrons. The number of rotatable bonds is 4. The van der Waals surface area contributed by atoms with Crippen molar-refractivity contribution in [1.29, 1.82) is 0 Å². The molecule has 1 aromatic rings. The average molecular weight is 259 g/mol. The van der Waals surface area contributed by atoms with Crippen LogP contribution in [0.1, 0.15) is 38.2 Å². The van der Waals surface area contributed by atoms with Gasteiger partial charge in [-0.2, -0.15) is 0 Å². The molecule has 1 aromatic heterocycles. The van der Waals surface area contributed by atoms with Crippen LogP contribution in [0.5, 0.6) is 5.75 Å². The van der Waals surface area contributed by atoms with E-state index in [0.29, 0.717) is 0 Å². The standard InChI is InChI=1S/C11H15ClN2O3/c1-6(2)16-8-5-9(12)13-14-10(8)11(15)17-7(3)4/h5-7H,1-4H3. The molecule has 0 amide bonds. The zero-order valence-electron chi connectivity index (χ0n) is 10.2. The van der Waals surface area contributed by atoms with Gasteiger partial charge < -0.3 is 9.47 Å². The van der Waals surface area contributed by atoms with Crippen molar-refractivity contribution >= 4 is 17.6 Å². The van der Waals surface area contributed by atoms with Gasteiger partial charge in [0.2, 0.25) is 5.69 Å². The van der Waals surface area contributed by atoms with Crippen LogP contribution < -0.4 is 4.74 Å². The third-order valence-electron chi connectivity index (χ3n) is 1.63. The molecule has 0 aliphatic heterocycles. The maximum atomic E-state index is 11.7. The van der Waals surface area contributed by atoms with E-state index in [1.165, 1.54) is 6.07 Å². The van der Waals surface area contributed by atoms with Crippen LogP contribution in [0, 0.1) is 0 Å². The number of nitrogens with zero attached hydrogens (tertiary/aromatic N) is 2. The first-order chi connectivity index (χ1) is 7.90. The molecule has 0 saturated carbocycles. The van der Waals surface area contributed by atoms with Gasteiger partial charge in [0, 0.05) is 6.07 Å². The minimum absolute atomic E-state index is 0.0387. The number of hydrogen-bond acceptors (Lipinski definition) is 5. The average Bonchev–Trinajstić information content (AvgIpc) is 2.15. The fraction of sp³-hybridized carbons (Fsp3) is 0.545. The zero-order chi connectivity index (χ0) is 13.0. The Morgan fingerprint density at radius 1 is 1.24 bits per heavy atom. The molecule has 0 unspecified atom stereocenters. The van der Waals surface area contributed by atoms with E-state index in [-0.39, 0.29) is 28.8 Å². The highest BCUT2D eigenvalue weighted by Gasteiger charge is 2.19. The summed E-state index contributed by atoms with van der Waals surface area (Å²) in [4.78, 5) is 11.7. The fourth-order valence-corrected chi connectivity index (χ4v) is 1.24. The smallest absolute Gasteiger partial charge is 0.363 e. The lowest BCUT2D eigenvalue weighted by atomic mass is 10.3. The molecule has 0 saturated heterocycles. The molecular weight excluding hydrogens is 244 g/mol. The van der Waals surface area contributed by atoms with E-state index in [1.54, 1.807) is 13.8 Å². The van der Waals surface area contributed by atoms with E-state index in [0.717, 1.165) is 0 Å². The lowest BCUT2D eigenvalue weighted by molar-refractivity contribution is 0.0363. The lowest BCUT2D eigenvalue weighted by Gasteiger charge is -2.13. The molecule has 0 spiro atoms. The molecule has 0 aliphatic carbocycles. The van der Waals surface area contributed by atoms with Crippen LogP contribution >= 0.6 is 11.6 Å². The van der Waals surface area contributed by atoms with Gasteiger partial charge in [0.25, 0.3) is 0 Å². The van der Waals surface area contributed by atoms with Gasteiger partial charge in [-0.05, 0) is 27.7 Å². The van der Waals surface area contributed by atoms with Crippen LogP contribution in [0.3, 0.4) is 0 Å². The predicted molar refractivity (Wildman–Crippen MR) is 63.4 cm³/mol. The summed E-state index contributed by atoms with van der Waals surface area (Å²) < 4.78 is 10.5. The van der Waals surface area contributed by atoms with Gasteiger partial charge in [-0.3, -0.25) is 0 Å². The van der Waals surface area contributed by atoms with Crippen molar-refractivity contribution in [3.8, 4) is 5.75 Å². The van der Waals surface area contributed by atoms with Gasteiger partial charge in [-0.25, -0.2) is 4.79 Å². The molecule has 0 atom stereocenters. The van der Waals surface area contributed by atoms with E-state index in [4.69, 9.17) is 21.1 Å². The van der Waals surface area contributed by atoms with Crippen LogP contribution in [0.25, 0.3) is 0 Å². The van der Waals surface area contributed by atoms with Crippen molar-refractivity contribution in [1.82, 2.24) is 10.2 Å². The van der Waals surface area contributed by atoms with Crippen LogP contribution in [-0.2, 0) is 4.74 Å². The first-order valence-corrected chi connectivity index (χ1v) is 5.68. The molecule has 0 radical (unpaired) electrons. The van der Waals surface area contributed by atoms with Crippen LogP contribution in [-0.4, -0.2) is 28.4 Å². The number of hydrogen-bond donors (Lipinski definition) is 0. The maximum Gasteiger partial charge on any atom is 0.363 e. The monoisotopic (exact) mass is 258 g/mol. The minimum Gasteiger partial charge on any atom is -0.488 e. The highest BCUT2D eigenvalue weighted by molar-refractivity contribution is 6.29. The number of carbonyl (C=O) groups is 1. The quantitative estimate of drug-likeness (QED) is 0.777. The Morgan fingerprint density at radius 2 is 1.88 bits per heavy atom. The summed E-state index contributed by atoms with van der Waals surface area (Å²) in [5.74, 6) is -0.287. The lowest BCUT2D eigenvalue weighted by Crippen LogP contribution is -2.17. The molecule has 0 fully saturated rings. The fourth-order valence-electron chi connectivity index (χ4n) is 1.11. The normalized spacial score (nSPS) is 10.8. The summed E-state index contributed by atoms with van der Waals surface area (Å²) in [6.07, 6.45) is -0.326. The van der Waals surface area contributed by atoms with E-state index < -0.39 is 5.97 Å². The topological polar surface area (TPSA) is 61.3 Å². The summed E-state index contributed by atoms with van der Waals surface area (Å²) in [5, 5.41) is 7.48. The molecule has 1 rings (SSSR count). The first-order valence-electron chi connectivity index (χ1n) is 5.31. The van der Waals surface area contributed by atoms with Crippen molar-refractivity contribution in [2.45, 2.75) is 39.9 Å². The highest BCUT2D eigenvalue weighted by atomic mass is 35.5. The Bertz CT molecular complexity index is 408. The Kier molecular flexibility index (Phi) is 4.69. The van der Waals surface area contributed by atoms with E-state index in [9.17, 15) is 4.79 Å². The summed E-state index contributed by atoms with van der Waals surface area (Å²) in [6.45, 7) is 7.19. The van der Waals surface area contributed by atoms with E-state index >= 15 is 0 Å². The molecule has 6 heteroatoms. The third kappa shape index (κ3) is 4.19. The van der Waals surface area contributed by atoms with Gasteiger partial charge >= 0.3 is 5.97 Å². The molecule has 5 nitrogen and oxygen atoms in total. The Morgan fingerprint density at radius 3 is 2.41 bits per heavy atom. The molecule has 0 aromatic carbocycles. The van der Waals surface area contributed by atoms with Gasteiger partial charge in [0.15, 0.2) is 10.9 Å². The molecular formula is C11H15ClN2O3. The largest absolute Gasteiger partial charge is 0.488 e. The second kappa shape index (κ2) is 5.82. The number of carbonyl (C=O) groups excluding carboxylic acids is 1. The molecule has 17 heavy (non-hydrogen) atoms. The Balaban J connectivity index is 3.01. The van der Waals surface area contributed by atoms with Crippen LogP contribution in [0.15, 0.2) is 6.07 Å². The SMILES string of the molecule is CC(C)OC(=O)c1nnc(Cl)cc1OC(C)C. The molecule has 0 aliphatic rings. The Hall–Kier alpha value is -1.36. The number of halogens is 1. The second-order valence-corrected chi connectivity index (χ2v) is 4.39. The number of esters is 1. The van der Waals surface area contributed by atoms with Crippen LogP contribution in [0.2, 0.25) is 5.15 Å². The van der Waals surface area contributed by atoms with E-state index in [2.05, 4.69) is 10.2 Å². The predicted octanol–water partition coefficient (Wildman–Crippen LogP) is 2.48. The van der Waals surface area contributed by atoms with Gasteiger partial charge in [-0.1, -0.05) is 11.6 Å². The molecule has 1 heterocycles. The number of aromatic nitrogens is 2. The summed E-state index contributed by atoms with van der Waals surface area (Å²) in [6, 6.07) is 1.45. The van der Waals surface area contributed by atoms with Gasteiger partial charge in [0.05, 0.1) is 12.2 Å². The third-order valence-corrected chi connectivity index (χ3v) is 1.81. The van der Waals surface area contributed by atoms with Crippen molar-refractivity contribution in [2.75, 3.05) is 0 Å².